The van der Waals surface area contributed by atoms with Gasteiger partial charge < -0.3 is 29.0 Å². The number of aromatic nitrogens is 4. The van der Waals surface area contributed by atoms with Crippen molar-refractivity contribution in [3.8, 4) is 0 Å². The van der Waals surface area contributed by atoms with Gasteiger partial charge in [0.15, 0.2) is 11.5 Å². The van der Waals surface area contributed by atoms with Gasteiger partial charge in [-0.3, -0.25) is 9.09 Å². The molecule has 2 aromatic heterocycles. The lowest BCUT2D eigenvalue weighted by Crippen LogP contribution is -2.19. The highest BCUT2D eigenvalue weighted by Crippen LogP contribution is 2.48. The van der Waals surface area contributed by atoms with Crippen molar-refractivity contribution in [2.75, 3.05) is 37.0 Å². The lowest BCUT2D eigenvalue weighted by molar-refractivity contribution is -0.0180. The summed E-state index contributed by atoms with van der Waals surface area (Å²) in [6.07, 6.45) is 20.3. The quantitative estimate of drug-likeness (QED) is 0.0370. The van der Waals surface area contributed by atoms with Gasteiger partial charge in [-0.15, -0.1) is 9.45 Å². The molecule has 48 heavy (non-hydrogen) atoms. The fourth-order valence-corrected chi connectivity index (χ4v) is 8.22. The summed E-state index contributed by atoms with van der Waals surface area (Å²) in [7, 11) is -3.93. The molecule has 2 aromatic rings. The largest absolute Gasteiger partial charge is 0.510 e. The normalized spacial score (nSPS) is 14.3. The van der Waals surface area contributed by atoms with Gasteiger partial charge in [0.25, 0.3) is 0 Å². The smallest absolute Gasteiger partial charge is 0.432 e. The number of anilines is 1. The maximum atomic E-state index is 13.6. The predicted molar refractivity (Wildman–Crippen MR) is 197 cm³/mol. The van der Waals surface area contributed by atoms with E-state index in [4.69, 9.17) is 40.2 Å². The van der Waals surface area contributed by atoms with Crippen molar-refractivity contribution >= 4 is 51.4 Å². The van der Waals surface area contributed by atoms with Crippen LogP contribution in [0, 0.1) is 0 Å². The van der Waals surface area contributed by atoms with Crippen molar-refractivity contribution in [3.05, 3.63) is 12.7 Å². The second kappa shape index (κ2) is 25.3. The number of rotatable bonds is 29. The monoisotopic (exact) mass is 733 g/mol. The summed E-state index contributed by atoms with van der Waals surface area (Å²) in [5.74, 6) is 2.12. The molecule has 0 aromatic carbocycles. The zero-order valence-corrected chi connectivity index (χ0v) is 32.2. The number of unbranched alkanes of at least 4 members (excludes halogenated alkanes) is 13. The van der Waals surface area contributed by atoms with Crippen LogP contribution in [0.15, 0.2) is 12.7 Å². The number of fused-ring (bicyclic) bond motifs is 1. The van der Waals surface area contributed by atoms with Crippen molar-refractivity contribution in [3.63, 3.8) is 0 Å². The first-order valence-electron chi connectivity index (χ1n) is 17.7. The zero-order valence-electron chi connectivity index (χ0n) is 29.6. The van der Waals surface area contributed by atoms with E-state index in [1.807, 2.05) is 6.92 Å². The van der Waals surface area contributed by atoms with Crippen molar-refractivity contribution in [2.24, 2.45) is 0 Å². The van der Waals surface area contributed by atoms with E-state index in [1.54, 1.807) is 24.7 Å². The van der Waals surface area contributed by atoms with Crippen molar-refractivity contribution in [2.45, 2.75) is 143 Å². The zero-order chi connectivity index (χ0) is 35.0. The molecular formula is C33H60N5O7PS2. The minimum atomic E-state index is -3.78. The molecule has 0 saturated carbocycles. The minimum Gasteiger partial charge on any atom is -0.432 e. The first-order chi connectivity index (χ1) is 23.1. The van der Waals surface area contributed by atoms with Gasteiger partial charge in [-0.1, -0.05) is 102 Å². The van der Waals surface area contributed by atoms with Crippen LogP contribution in [0.25, 0.3) is 11.2 Å². The summed E-state index contributed by atoms with van der Waals surface area (Å²) in [5.41, 5.74) is 6.95. The third-order valence-electron chi connectivity index (χ3n) is 7.69. The Hall–Kier alpha value is -1.70. The Bertz CT molecular complexity index is 1240. The predicted octanol–water partition coefficient (Wildman–Crippen LogP) is 8.47. The van der Waals surface area contributed by atoms with Gasteiger partial charge in [-0.2, -0.15) is 0 Å². The number of hydrogen-bond donors (Lipinski definition) is 1. The minimum absolute atomic E-state index is 0.147. The molecule has 15 heteroatoms. The average Bonchev–Trinajstić information content (AvgIpc) is 3.45. The van der Waals surface area contributed by atoms with Crippen LogP contribution in [-0.4, -0.2) is 69.1 Å². The molecule has 0 aliphatic heterocycles. The molecule has 2 heterocycles. The fourth-order valence-electron chi connectivity index (χ4n) is 5.06. The molecule has 0 amide bonds. The van der Waals surface area contributed by atoms with Gasteiger partial charge in [0.2, 0.25) is 6.79 Å². The summed E-state index contributed by atoms with van der Waals surface area (Å²) in [5, 5.41) is 0. The Labute approximate surface area is 295 Å². The van der Waals surface area contributed by atoms with E-state index in [0.29, 0.717) is 24.1 Å². The molecule has 0 aliphatic carbocycles. The second-order valence-corrected chi connectivity index (χ2v) is 17.6. The highest BCUT2D eigenvalue weighted by atomic mass is 32.8. The molecule has 2 N–H and O–H groups in total. The van der Waals surface area contributed by atoms with Gasteiger partial charge in [-0.05, 0) is 39.4 Å². The SMILES string of the molecule is CCCCCCCCCCCCCCCCS(=S)CCCOP(=O)(CO[C@H](C)Cn1cnc2c(N)ncnc21)OCOC(=O)OC(C)C. The summed E-state index contributed by atoms with van der Waals surface area (Å²) >= 11 is 5.70. The van der Waals surface area contributed by atoms with E-state index in [9.17, 15) is 9.36 Å². The first-order valence-corrected chi connectivity index (χ1v) is 21.9. The van der Waals surface area contributed by atoms with Crippen LogP contribution in [-0.2, 0) is 55.0 Å². The van der Waals surface area contributed by atoms with E-state index in [-0.39, 0.29) is 34.3 Å². The third-order valence-corrected chi connectivity index (χ3v) is 11.7. The Morgan fingerprint density at radius 2 is 1.50 bits per heavy atom. The molecule has 12 nitrogen and oxygen atoms in total. The summed E-state index contributed by atoms with van der Waals surface area (Å²) in [6, 6.07) is 0. The van der Waals surface area contributed by atoms with Gasteiger partial charge in [0.1, 0.15) is 18.2 Å². The Balaban J connectivity index is 1.66. The van der Waals surface area contributed by atoms with Gasteiger partial charge in [-0.25, -0.2) is 19.7 Å². The van der Waals surface area contributed by atoms with Gasteiger partial charge >= 0.3 is 13.8 Å². The number of nitrogens with two attached hydrogens (primary N) is 1. The lowest BCUT2D eigenvalue weighted by Gasteiger charge is -2.21. The van der Waals surface area contributed by atoms with Gasteiger partial charge in [0.05, 0.1) is 31.7 Å². The van der Waals surface area contributed by atoms with Crippen LogP contribution in [0.4, 0.5) is 10.6 Å². The van der Waals surface area contributed by atoms with Crippen LogP contribution < -0.4 is 5.73 Å². The number of nitrogens with zero attached hydrogens (tertiary/aromatic N) is 4. The van der Waals surface area contributed by atoms with Crippen LogP contribution in [0.1, 0.15) is 124 Å². The van der Waals surface area contributed by atoms with Crippen LogP contribution >= 0.6 is 7.60 Å². The van der Waals surface area contributed by atoms with E-state index in [2.05, 4.69) is 21.9 Å². The molecule has 0 spiro atoms. The molecule has 276 valence electrons. The molecular weight excluding hydrogens is 673 g/mol. The number of ether oxygens (including phenoxy) is 3. The number of imidazole rings is 1. The lowest BCUT2D eigenvalue weighted by atomic mass is 10.0. The number of carbonyl (C=O) groups is 1. The molecule has 0 fully saturated rings. The van der Waals surface area contributed by atoms with Crippen LogP contribution in [0.5, 0.6) is 0 Å². The number of carbonyl (C=O) groups excluding carboxylic acids is 1. The average molecular weight is 734 g/mol. The third kappa shape index (κ3) is 18.9. The van der Waals surface area contributed by atoms with Gasteiger partial charge in [0, 0.05) is 5.75 Å². The van der Waals surface area contributed by atoms with E-state index in [1.165, 1.54) is 89.8 Å². The maximum absolute atomic E-state index is 13.6. The molecule has 0 radical (unpaired) electrons. The topological polar surface area (TPSA) is 150 Å². The molecule has 2 rings (SSSR count). The molecule has 2 unspecified atom stereocenters. The number of hydrogen-bond acceptors (Lipinski definition) is 12. The molecule has 0 aliphatic rings. The maximum Gasteiger partial charge on any atom is 0.510 e. The highest BCUT2D eigenvalue weighted by Gasteiger charge is 2.28. The first kappa shape index (κ1) is 42.5. The number of nitrogen functional groups attached to an aromatic ring is 1. The second-order valence-electron chi connectivity index (χ2n) is 12.5. The highest BCUT2D eigenvalue weighted by molar-refractivity contribution is 8.28. The summed E-state index contributed by atoms with van der Waals surface area (Å²) in [6.45, 7) is 7.44. The Kier molecular flexibility index (Phi) is 22.4. The van der Waals surface area contributed by atoms with E-state index in [0.717, 1.165) is 17.9 Å². The Morgan fingerprint density at radius 3 is 2.12 bits per heavy atom. The summed E-state index contributed by atoms with van der Waals surface area (Å²) < 4.78 is 42.2. The fraction of sp³-hybridized carbons (Fsp3) is 0.818. The van der Waals surface area contributed by atoms with Crippen LogP contribution in [0.2, 0.25) is 0 Å². The molecule has 3 atom stereocenters. The molecule has 0 bridgehead atoms. The van der Waals surface area contributed by atoms with E-state index >= 15 is 0 Å². The standard InChI is InChI=1S/C33H60N5O7PS2/c1-5-6-7-8-9-10-11-12-13-14-15-16-17-18-21-48(47)22-19-20-43-46(40,44-26-41-33(39)45-28(2)3)27-42-29(4)23-38-25-37-30-31(34)35-24-36-32(30)38/h24-25,28-29H,5-23,26-27H2,1-4H3,(H2,34,35,36)/t29-,46?,48?/m1/s1. The van der Waals surface area contributed by atoms with Crippen molar-refractivity contribution in [1.82, 2.24) is 19.5 Å². The molecule has 0 saturated heterocycles. The van der Waals surface area contributed by atoms with Crippen LogP contribution in [0.3, 0.4) is 0 Å². The van der Waals surface area contributed by atoms with Crippen molar-refractivity contribution < 1.29 is 32.6 Å². The van der Waals surface area contributed by atoms with E-state index < -0.39 is 26.6 Å². The Morgan fingerprint density at radius 1 is 0.896 bits per heavy atom. The van der Waals surface area contributed by atoms with Crippen molar-refractivity contribution in [1.29, 1.82) is 0 Å². The summed E-state index contributed by atoms with van der Waals surface area (Å²) in [4.78, 5) is 24.2.